The molecule has 0 aliphatic carbocycles. The van der Waals surface area contributed by atoms with E-state index in [9.17, 15) is 8.42 Å². The van der Waals surface area contributed by atoms with Crippen LogP contribution in [0.5, 0.6) is 0 Å². The standard InChI is InChI=1S/C14H23N3O3S/c1-3-5-12-6-8-13(9-7-12)21(19,20)17(10-4-2)11-14(15)16-18/h6-9,18H,3-5,10-11H2,1-2H3,(H2,15,16). The summed E-state index contributed by atoms with van der Waals surface area (Å²) in [5.41, 5.74) is 6.54. The Labute approximate surface area is 126 Å². The van der Waals surface area contributed by atoms with Crippen molar-refractivity contribution < 1.29 is 13.6 Å². The molecule has 0 aliphatic heterocycles. The first-order valence-electron chi connectivity index (χ1n) is 7.01. The van der Waals surface area contributed by atoms with Gasteiger partial charge in [0.05, 0.1) is 11.4 Å². The van der Waals surface area contributed by atoms with Crippen LogP contribution in [0.3, 0.4) is 0 Å². The highest BCUT2D eigenvalue weighted by Gasteiger charge is 2.24. The van der Waals surface area contributed by atoms with E-state index in [2.05, 4.69) is 12.1 Å². The maximum atomic E-state index is 12.6. The van der Waals surface area contributed by atoms with Crippen molar-refractivity contribution in [3.63, 3.8) is 0 Å². The molecule has 0 saturated heterocycles. The quantitative estimate of drug-likeness (QED) is 0.331. The molecule has 1 aromatic carbocycles. The van der Waals surface area contributed by atoms with E-state index in [0.29, 0.717) is 13.0 Å². The number of aryl methyl sites for hydroxylation is 1. The molecular formula is C14H23N3O3S. The number of benzene rings is 1. The minimum Gasteiger partial charge on any atom is -0.409 e. The number of nitrogens with zero attached hydrogens (tertiary/aromatic N) is 2. The molecule has 118 valence electrons. The Hall–Kier alpha value is -1.60. The highest BCUT2D eigenvalue weighted by atomic mass is 32.2. The fourth-order valence-corrected chi connectivity index (χ4v) is 3.52. The second-order valence-corrected chi connectivity index (χ2v) is 6.76. The van der Waals surface area contributed by atoms with Gasteiger partial charge in [0.15, 0.2) is 5.84 Å². The number of nitrogens with two attached hydrogens (primary N) is 1. The van der Waals surface area contributed by atoms with Gasteiger partial charge < -0.3 is 10.9 Å². The summed E-state index contributed by atoms with van der Waals surface area (Å²) in [5, 5.41) is 11.5. The highest BCUT2D eigenvalue weighted by Crippen LogP contribution is 2.17. The lowest BCUT2D eigenvalue weighted by atomic mass is 10.1. The summed E-state index contributed by atoms with van der Waals surface area (Å²) in [4.78, 5) is 0.224. The predicted octanol–water partition coefficient (Wildman–Crippen LogP) is 1.79. The van der Waals surface area contributed by atoms with Crippen LogP contribution < -0.4 is 5.73 Å². The van der Waals surface area contributed by atoms with Crippen molar-refractivity contribution in [3.8, 4) is 0 Å². The second-order valence-electron chi connectivity index (χ2n) is 4.82. The van der Waals surface area contributed by atoms with Crippen LogP contribution in [0, 0.1) is 0 Å². The summed E-state index contributed by atoms with van der Waals surface area (Å²) >= 11 is 0. The van der Waals surface area contributed by atoms with Gasteiger partial charge in [-0.1, -0.05) is 37.6 Å². The fraction of sp³-hybridized carbons (Fsp3) is 0.500. The van der Waals surface area contributed by atoms with Gasteiger partial charge in [0.1, 0.15) is 0 Å². The maximum absolute atomic E-state index is 12.6. The van der Waals surface area contributed by atoms with Crippen molar-refractivity contribution in [1.82, 2.24) is 4.31 Å². The second kappa shape index (κ2) is 7.99. The van der Waals surface area contributed by atoms with E-state index in [-0.39, 0.29) is 17.3 Å². The molecule has 0 heterocycles. The van der Waals surface area contributed by atoms with E-state index in [1.165, 1.54) is 4.31 Å². The number of oxime groups is 1. The van der Waals surface area contributed by atoms with Crippen LogP contribution in [0.1, 0.15) is 32.3 Å². The Morgan fingerprint density at radius 3 is 2.33 bits per heavy atom. The van der Waals surface area contributed by atoms with Crippen LogP contribution in [0.2, 0.25) is 0 Å². The van der Waals surface area contributed by atoms with Gasteiger partial charge in [-0.15, -0.1) is 0 Å². The lowest BCUT2D eigenvalue weighted by Crippen LogP contribution is -2.39. The van der Waals surface area contributed by atoms with E-state index in [1.54, 1.807) is 12.1 Å². The molecule has 0 saturated carbocycles. The van der Waals surface area contributed by atoms with Crippen LogP contribution in [-0.4, -0.2) is 36.9 Å². The lowest BCUT2D eigenvalue weighted by Gasteiger charge is -2.21. The smallest absolute Gasteiger partial charge is 0.243 e. The van der Waals surface area contributed by atoms with Crippen molar-refractivity contribution in [2.24, 2.45) is 10.9 Å². The van der Waals surface area contributed by atoms with Crippen molar-refractivity contribution in [2.75, 3.05) is 13.1 Å². The van der Waals surface area contributed by atoms with Crippen molar-refractivity contribution in [2.45, 2.75) is 38.0 Å². The zero-order valence-electron chi connectivity index (χ0n) is 12.5. The van der Waals surface area contributed by atoms with Crippen LogP contribution in [-0.2, 0) is 16.4 Å². The largest absolute Gasteiger partial charge is 0.409 e. The first kappa shape index (κ1) is 17.5. The van der Waals surface area contributed by atoms with Crippen LogP contribution in [0.25, 0.3) is 0 Å². The Bertz CT molecular complexity index is 568. The Morgan fingerprint density at radius 2 is 1.86 bits per heavy atom. The molecule has 6 nitrogen and oxygen atoms in total. The van der Waals surface area contributed by atoms with Gasteiger partial charge in [-0.05, 0) is 30.5 Å². The number of rotatable bonds is 8. The molecule has 0 spiro atoms. The topological polar surface area (TPSA) is 96.0 Å². The number of sulfonamides is 1. The molecule has 0 atom stereocenters. The molecule has 1 rings (SSSR count). The van der Waals surface area contributed by atoms with E-state index in [1.807, 2.05) is 19.1 Å². The number of hydrogen-bond acceptors (Lipinski definition) is 4. The first-order chi connectivity index (χ1) is 9.95. The summed E-state index contributed by atoms with van der Waals surface area (Å²) in [7, 11) is -3.64. The Morgan fingerprint density at radius 1 is 1.24 bits per heavy atom. The van der Waals surface area contributed by atoms with Gasteiger partial charge >= 0.3 is 0 Å². The number of amidine groups is 1. The molecule has 0 bridgehead atoms. The zero-order valence-corrected chi connectivity index (χ0v) is 13.3. The third-order valence-electron chi connectivity index (χ3n) is 3.04. The molecule has 0 amide bonds. The van der Waals surface area contributed by atoms with E-state index >= 15 is 0 Å². The van der Waals surface area contributed by atoms with Crippen LogP contribution >= 0.6 is 0 Å². The Kier molecular flexibility index (Phi) is 6.64. The summed E-state index contributed by atoms with van der Waals surface area (Å²) in [6.45, 7) is 4.14. The average Bonchev–Trinajstić information content (AvgIpc) is 2.47. The van der Waals surface area contributed by atoms with Crippen LogP contribution in [0.4, 0.5) is 0 Å². The molecule has 0 fully saturated rings. The molecule has 0 aliphatic rings. The fourth-order valence-electron chi connectivity index (χ4n) is 2.01. The van der Waals surface area contributed by atoms with Gasteiger partial charge in [-0.25, -0.2) is 8.42 Å². The third kappa shape index (κ3) is 4.71. The van der Waals surface area contributed by atoms with Gasteiger partial charge in [0.25, 0.3) is 0 Å². The van der Waals surface area contributed by atoms with E-state index < -0.39 is 10.0 Å². The summed E-state index contributed by atoms with van der Waals surface area (Å²) in [5.74, 6) is -0.130. The Balaban J connectivity index is 3.04. The third-order valence-corrected chi connectivity index (χ3v) is 4.90. The molecular weight excluding hydrogens is 290 g/mol. The van der Waals surface area contributed by atoms with Crippen LogP contribution in [0.15, 0.2) is 34.3 Å². The predicted molar refractivity (Wildman–Crippen MR) is 82.9 cm³/mol. The lowest BCUT2D eigenvalue weighted by molar-refractivity contribution is 0.314. The molecule has 21 heavy (non-hydrogen) atoms. The SMILES string of the molecule is CCCc1ccc(S(=O)(=O)N(CCC)CC(N)=NO)cc1. The van der Waals surface area contributed by atoms with Gasteiger partial charge in [0.2, 0.25) is 10.0 Å². The molecule has 0 radical (unpaired) electrons. The van der Waals surface area contributed by atoms with E-state index in [4.69, 9.17) is 10.9 Å². The molecule has 1 aromatic rings. The molecule has 0 aromatic heterocycles. The zero-order chi connectivity index (χ0) is 15.9. The summed E-state index contributed by atoms with van der Waals surface area (Å²) in [6.07, 6.45) is 2.58. The summed E-state index contributed by atoms with van der Waals surface area (Å²) < 4.78 is 26.4. The monoisotopic (exact) mass is 313 g/mol. The minimum absolute atomic E-state index is 0.122. The molecule has 0 unspecified atom stereocenters. The molecule has 7 heteroatoms. The average molecular weight is 313 g/mol. The normalized spacial score (nSPS) is 12.8. The van der Waals surface area contributed by atoms with Gasteiger partial charge in [0, 0.05) is 6.54 Å². The van der Waals surface area contributed by atoms with Gasteiger partial charge in [-0.2, -0.15) is 4.31 Å². The van der Waals surface area contributed by atoms with Crippen molar-refractivity contribution >= 4 is 15.9 Å². The van der Waals surface area contributed by atoms with Crippen molar-refractivity contribution in [1.29, 1.82) is 0 Å². The number of hydrogen-bond donors (Lipinski definition) is 2. The highest BCUT2D eigenvalue weighted by molar-refractivity contribution is 7.89. The van der Waals surface area contributed by atoms with E-state index in [0.717, 1.165) is 18.4 Å². The maximum Gasteiger partial charge on any atom is 0.243 e. The summed E-state index contributed by atoms with van der Waals surface area (Å²) in [6, 6.07) is 6.86. The van der Waals surface area contributed by atoms with Crippen molar-refractivity contribution in [3.05, 3.63) is 29.8 Å². The van der Waals surface area contributed by atoms with Gasteiger partial charge in [-0.3, -0.25) is 0 Å². The minimum atomic E-state index is -3.64. The molecule has 3 N–H and O–H groups in total. The first-order valence-corrected chi connectivity index (χ1v) is 8.45.